The van der Waals surface area contributed by atoms with E-state index in [1.54, 1.807) is 11.1 Å². The maximum atomic E-state index is 12.9. The fraction of sp³-hybridized carbons (Fsp3) is 0.185. The van der Waals surface area contributed by atoms with Gasteiger partial charge in [-0.3, -0.25) is 9.59 Å². The van der Waals surface area contributed by atoms with E-state index in [0.29, 0.717) is 24.5 Å². The standard InChI is InChI=1S/C27H26N2O3/c1-28(16-15-21-9-4-2-5-10-21)26(31)18-29-17-23(19-30)27-24(29)13-8-14-25(27)32-20-22-11-6-3-7-12-22/h2-14,17,19H,15-16,18,20H2,1H3. The quantitative estimate of drug-likeness (QED) is 0.364. The summed E-state index contributed by atoms with van der Waals surface area (Å²) in [6, 6.07) is 25.6. The Balaban J connectivity index is 1.50. The minimum atomic E-state index is -0.00844. The number of benzene rings is 3. The van der Waals surface area contributed by atoms with Crippen LogP contribution in [-0.2, 0) is 24.4 Å². The number of aldehydes is 1. The van der Waals surface area contributed by atoms with Crippen molar-refractivity contribution in [2.75, 3.05) is 13.6 Å². The minimum Gasteiger partial charge on any atom is -0.488 e. The highest BCUT2D eigenvalue weighted by atomic mass is 16.5. The monoisotopic (exact) mass is 426 g/mol. The van der Waals surface area contributed by atoms with E-state index in [1.807, 2.05) is 78.3 Å². The highest BCUT2D eigenvalue weighted by molar-refractivity contribution is 6.01. The first kappa shape index (κ1) is 21.4. The summed E-state index contributed by atoms with van der Waals surface area (Å²) in [5.74, 6) is 0.628. The van der Waals surface area contributed by atoms with Gasteiger partial charge in [0.2, 0.25) is 5.91 Å². The number of hydrogen-bond acceptors (Lipinski definition) is 3. The van der Waals surface area contributed by atoms with E-state index in [-0.39, 0.29) is 12.5 Å². The van der Waals surface area contributed by atoms with Crippen molar-refractivity contribution in [3.8, 4) is 5.75 Å². The Bertz CT molecular complexity index is 1200. The second kappa shape index (κ2) is 9.96. The smallest absolute Gasteiger partial charge is 0.242 e. The third kappa shape index (κ3) is 4.89. The second-order valence-corrected chi connectivity index (χ2v) is 7.81. The van der Waals surface area contributed by atoms with Gasteiger partial charge in [-0.05, 0) is 29.7 Å². The fourth-order valence-corrected chi connectivity index (χ4v) is 3.76. The summed E-state index contributed by atoms with van der Waals surface area (Å²) < 4.78 is 7.86. The van der Waals surface area contributed by atoms with Crippen LogP contribution < -0.4 is 4.74 Å². The number of fused-ring (bicyclic) bond motifs is 1. The molecule has 0 unspecified atom stereocenters. The highest BCUT2D eigenvalue weighted by Crippen LogP contribution is 2.30. The molecule has 0 radical (unpaired) electrons. The lowest BCUT2D eigenvalue weighted by atomic mass is 10.1. The van der Waals surface area contributed by atoms with Crippen molar-refractivity contribution in [1.82, 2.24) is 9.47 Å². The molecule has 0 atom stereocenters. The van der Waals surface area contributed by atoms with Crippen LogP contribution in [0.25, 0.3) is 10.9 Å². The zero-order valence-corrected chi connectivity index (χ0v) is 18.1. The molecule has 0 aliphatic carbocycles. The molecule has 0 saturated carbocycles. The molecule has 1 amide bonds. The van der Waals surface area contributed by atoms with E-state index in [0.717, 1.165) is 29.2 Å². The van der Waals surface area contributed by atoms with Crippen LogP contribution >= 0.6 is 0 Å². The molecule has 5 nitrogen and oxygen atoms in total. The summed E-state index contributed by atoms with van der Waals surface area (Å²) >= 11 is 0. The van der Waals surface area contributed by atoms with Gasteiger partial charge in [-0.25, -0.2) is 0 Å². The molecule has 5 heteroatoms. The van der Waals surface area contributed by atoms with Gasteiger partial charge >= 0.3 is 0 Å². The molecule has 32 heavy (non-hydrogen) atoms. The van der Waals surface area contributed by atoms with Crippen molar-refractivity contribution in [3.63, 3.8) is 0 Å². The van der Waals surface area contributed by atoms with Crippen LogP contribution in [0.15, 0.2) is 85.1 Å². The summed E-state index contributed by atoms with van der Waals surface area (Å²) in [7, 11) is 1.81. The third-order valence-electron chi connectivity index (χ3n) is 5.57. The summed E-state index contributed by atoms with van der Waals surface area (Å²) in [5.41, 5.74) is 3.57. The van der Waals surface area contributed by atoms with Gasteiger partial charge in [-0.2, -0.15) is 0 Å². The molecule has 0 aliphatic rings. The predicted molar refractivity (Wildman–Crippen MR) is 126 cm³/mol. The van der Waals surface area contributed by atoms with Crippen molar-refractivity contribution in [3.05, 3.63) is 102 Å². The van der Waals surface area contributed by atoms with Gasteiger partial charge in [0.05, 0.1) is 10.9 Å². The lowest BCUT2D eigenvalue weighted by molar-refractivity contribution is -0.130. The van der Waals surface area contributed by atoms with Gasteiger partial charge in [0.25, 0.3) is 0 Å². The molecular formula is C27H26N2O3. The fourth-order valence-electron chi connectivity index (χ4n) is 3.76. The largest absolute Gasteiger partial charge is 0.488 e. The number of carbonyl (C=O) groups excluding carboxylic acids is 2. The van der Waals surface area contributed by atoms with Gasteiger partial charge in [-0.1, -0.05) is 66.7 Å². The van der Waals surface area contributed by atoms with Crippen molar-refractivity contribution in [2.45, 2.75) is 19.6 Å². The van der Waals surface area contributed by atoms with Crippen LogP contribution in [0.1, 0.15) is 21.5 Å². The average molecular weight is 427 g/mol. The first-order chi connectivity index (χ1) is 15.7. The van der Waals surface area contributed by atoms with Gasteiger partial charge in [0.1, 0.15) is 18.9 Å². The first-order valence-electron chi connectivity index (χ1n) is 10.7. The molecule has 0 spiro atoms. The van der Waals surface area contributed by atoms with Gasteiger partial charge < -0.3 is 14.2 Å². The third-order valence-corrected chi connectivity index (χ3v) is 5.57. The molecule has 0 aliphatic heterocycles. The number of nitrogens with zero attached hydrogens (tertiary/aromatic N) is 2. The lowest BCUT2D eigenvalue weighted by Crippen LogP contribution is -2.31. The first-order valence-corrected chi connectivity index (χ1v) is 10.7. The van der Waals surface area contributed by atoms with Crippen LogP contribution in [0, 0.1) is 0 Å². The lowest BCUT2D eigenvalue weighted by Gasteiger charge is -2.18. The molecular weight excluding hydrogens is 400 g/mol. The van der Waals surface area contributed by atoms with Gasteiger partial charge in [0, 0.05) is 25.4 Å². The molecule has 3 aromatic carbocycles. The molecule has 0 saturated heterocycles. The number of carbonyl (C=O) groups is 2. The Morgan fingerprint density at radius 3 is 2.31 bits per heavy atom. The number of amides is 1. The van der Waals surface area contributed by atoms with Crippen molar-refractivity contribution < 1.29 is 14.3 Å². The van der Waals surface area contributed by atoms with Crippen LogP contribution in [0.5, 0.6) is 5.75 Å². The zero-order chi connectivity index (χ0) is 22.3. The maximum Gasteiger partial charge on any atom is 0.242 e. The van der Waals surface area contributed by atoms with Crippen LogP contribution in [0.2, 0.25) is 0 Å². The van der Waals surface area contributed by atoms with Crippen molar-refractivity contribution in [2.24, 2.45) is 0 Å². The Kier molecular flexibility index (Phi) is 6.66. The number of ether oxygens (including phenoxy) is 1. The summed E-state index contributed by atoms with van der Waals surface area (Å²) in [4.78, 5) is 26.4. The maximum absolute atomic E-state index is 12.9. The van der Waals surface area contributed by atoms with Crippen LogP contribution in [-0.4, -0.2) is 35.3 Å². The zero-order valence-electron chi connectivity index (χ0n) is 18.1. The van der Waals surface area contributed by atoms with Crippen LogP contribution in [0.4, 0.5) is 0 Å². The molecule has 1 heterocycles. The van der Waals surface area contributed by atoms with E-state index < -0.39 is 0 Å². The number of rotatable bonds is 9. The minimum absolute atomic E-state index is 0.00844. The molecule has 4 rings (SSSR count). The highest BCUT2D eigenvalue weighted by Gasteiger charge is 2.17. The summed E-state index contributed by atoms with van der Waals surface area (Å²) in [6.45, 7) is 1.20. The number of aromatic nitrogens is 1. The summed E-state index contributed by atoms with van der Waals surface area (Å²) in [6.07, 6.45) is 3.35. The number of likely N-dealkylation sites (N-methyl/N-ethyl adjacent to an activating group) is 1. The Labute approximate surface area is 187 Å². The van der Waals surface area contributed by atoms with E-state index >= 15 is 0 Å². The van der Waals surface area contributed by atoms with E-state index in [9.17, 15) is 9.59 Å². The topological polar surface area (TPSA) is 51.5 Å². The SMILES string of the molecule is CN(CCc1ccccc1)C(=O)Cn1cc(C=O)c2c(OCc3ccccc3)cccc21. The Morgan fingerprint density at radius 1 is 0.938 bits per heavy atom. The second-order valence-electron chi connectivity index (χ2n) is 7.81. The molecule has 0 fully saturated rings. The molecule has 0 N–H and O–H groups in total. The van der Waals surface area contributed by atoms with E-state index in [4.69, 9.17) is 4.74 Å². The molecule has 162 valence electrons. The molecule has 1 aromatic heterocycles. The molecule has 0 bridgehead atoms. The Morgan fingerprint density at radius 2 is 1.62 bits per heavy atom. The molecule has 4 aromatic rings. The van der Waals surface area contributed by atoms with Gasteiger partial charge in [-0.15, -0.1) is 0 Å². The Hall–Kier alpha value is -3.86. The van der Waals surface area contributed by atoms with Crippen LogP contribution in [0.3, 0.4) is 0 Å². The summed E-state index contributed by atoms with van der Waals surface area (Å²) in [5, 5.41) is 0.734. The van der Waals surface area contributed by atoms with Crippen molar-refractivity contribution in [1.29, 1.82) is 0 Å². The normalized spacial score (nSPS) is 10.8. The van der Waals surface area contributed by atoms with Crippen molar-refractivity contribution >= 4 is 23.1 Å². The van der Waals surface area contributed by atoms with E-state index in [1.165, 1.54) is 5.56 Å². The van der Waals surface area contributed by atoms with Gasteiger partial charge in [0.15, 0.2) is 6.29 Å². The van der Waals surface area contributed by atoms with E-state index in [2.05, 4.69) is 12.1 Å². The predicted octanol–water partition coefficient (Wildman–Crippen LogP) is 4.73. The average Bonchev–Trinajstić information content (AvgIpc) is 3.20. The number of hydrogen-bond donors (Lipinski definition) is 0.